The van der Waals surface area contributed by atoms with Gasteiger partial charge in [0.15, 0.2) is 5.50 Å². The Bertz CT molecular complexity index is 2170. The average molecular weight is 855 g/mol. The van der Waals surface area contributed by atoms with E-state index in [9.17, 15) is 37.6 Å². The number of carbonyl (C=O) groups excluding carboxylic acids is 4. The van der Waals surface area contributed by atoms with E-state index in [0.29, 0.717) is 60.4 Å². The van der Waals surface area contributed by atoms with E-state index in [0.717, 1.165) is 30.8 Å². The molecule has 314 valence electrons. The summed E-state index contributed by atoms with van der Waals surface area (Å²) in [5.41, 5.74) is -1.21. The maximum Gasteiger partial charge on any atom is 0.417 e. The zero-order valence-electron chi connectivity index (χ0n) is 33.0. The van der Waals surface area contributed by atoms with Crippen LogP contribution < -0.4 is 30.5 Å². The Morgan fingerprint density at radius 2 is 1.80 bits per heavy atom. The van der Waals surface area contributed by atoms with E-state index in [1.54, 1.807) is 49.1 Å². The molecule has 3 atom stereocenters. The summed E-state index contributed by atoms with van der Waals surface area (Å²) in [5, 5.41) is 17.9. The first-order valence-electron chi connectivity index (χ1n) is 19.2. The van der Waals surface area contributed by atoms with E-state index in [2.05, 4.69) is 32.7 Å². The minimum Gasteiger partial charge on any atom is -0.492 e. The maximum atomic E-state index is 13.8. The number of hydrogen-bond acceptors (Lipinski definition) is 11. The standard InChI is InChI=1S/C41H46ClF3N8O5S/c1-5-25-16-31(53-39(59)52(38(57)40(53,3)4)30-7-6-26(21-46)32(20-30)41(43,44)45)8-10-34(25)58-15-14-50-12-13-51(24(2)22-50)23-36(55)48-29-18-27(42)17-28(19-29)47-33-9-11-35(54)49-37(33)56/h6-8,10,16-20,24,33,39,47,59H,5,9,11-15,22-23H2,1-4H3,(H,48,55)(H,49,54,56)/t24-,33?,39+/m1/s1. The van der Waals surface area contributed by atoms with Crippen molar-refractivity contribution in [3.05, 3.63) is 76.3 Å². The SMILES string of the molecule is CCc1cc(N2[C@@H](S)N(c3ccc(C#N)c(C(F)(F)F)c3)C(=O)C2(C)C)ccc1OCCN1CCN(CC(=O)Nc2cc(Cl)cc(NC3CCC(=O)NC3=O)c2)[C@H](C)C1. The van der Waals surface area contributed by atoms with Crippen LogP contribution in [0.3, 0.4) is 0 Å². The number of halogens is 4. The Hall–Kier alpha value is -5.02. The number of benzene rings is 3. The third-order valence-electron chi connectivity index (χ3n) is 10.8. The minimum absolute atomic E-state index is 0.0137. The fraction of sp³-hybridized carbons (Fsp3) is 0.439. The second-order valence-corrected chi connectivity index (χ2v) is 16.2. The molecule has 0 saturated carbocycles. The summed E-state index contributed by atoms with van der Waals surface area (Å²) in [4.78, 5) is 57.9. The molecule has 0 aromatic heterocycles. The second-order valence-electron chi connectivity index (χ2n) is 15.3. The third-order valence-corrected chi connectivity index (χ3v) is 11.5. The Kier molecular flexibility index (Phi) is 13.1. The lowest BCUT2D eigenvalue weighted by Crippen LogP contribution is -2.54. The van der Waals surface area contributed by atoms with Gasteiger partial charge in [-0.15, -0.1) is 12.6 Å². The number of carbonyl (C=O) groups is 4. The normalized spacial score (nSPS) is 21.3. The molecule has 13 nitrogen and oxygen atoms in total. The van der Waals surface area contributed by atoms with Crippen LogP contribution in [0.4, 0.5) is 35.9 Å². The molecule has 3 N–H and O–H groups in total. The molecular formula is C41H46ClF3N8O5S. The van der Waals surface area contributed by atoms with Crippen LogP contribution in [0.15, 0.2) is 54.6 Å². The van der Waals surface area contributed by atoms with Crippen LogP contribution in [0, 0.1) is 11.3 Å². The molecule has 0 aliphatic carbocycles. The molecule has 3 fully saturated rings. The summed E-state index contributed by atoms with van der Waals surface area (Å²) in [6.45, 7) is 10.7. The zero-order valence-corrected chi connectivity index (χ0v) is 34.7. The number of anilines is 4. The van der Waals surface area contributed by atoms with Crippen molar-refractivity contribution >= 4 is 70.6 Å². The first-order chi connectivity index (χ1) is 27.9. The topological polar surface area (TPSA) is 150 Å². The number of rotatable bonds is 12. The lowest BCUT2D eigenvalue weighted by Gasteiger charge is -2.39. The Balaban J connectivity index is 1.02. The number of piperazine rings is 1. The average Bonchev–Trinajstić information content (AvgIpc) is 3.34. The third kappa shape index (κ3) is 9.73. The van der Waals surface area contributed by atoms with Crippen LogP contribution in [0.5, 0.6) is 5.75 Å². The second kappa shape index (κ2) is 17.7. The van der Waals surface area contributed by atoms with Crippen molar-refractivity contribution in [2.45, 2.75) is 76.3 Å². The smallest absolute Gasteiger partial charge is 0.417 e. The number of hydrogen-bond donors (Lipinski definition) is 4. The summed E-state index contributed by atoms with van der Waals surface area (Å²) < 4.78 is 47.6. The van der Waals surface area contributed by atoms with E-state index >= 15 is 0 Å². The summed E-state index contributed by atoms with van der Waals surface area (Å²) in [7, 11) is 0. The van der Waals surface area contributed by atoms with Gasteiger partial charge >= 0.3 is 6.18 Å². The molecule has 59 heavy (non-hydrogen) atoms. The van der Waals surface area contributed by atoms with E-state index in [1.165, 1.54) is 11.0 Å². The minimum atomic E-state index is -4.78. The zero-order chi connectivity index (χ0) is 42.8. The molecule has 3 aromatic carbocycles. The predicted molar refractivity (Wildman–Crippen MR) is 222 cm³/mol. The van der Waals surface area contributed by atoms with Crippen LogP contribution in [-0.2, 0) is 31.8 Å². The van der Waals surface area contributed by atoms with Gasteiger partial charge in [-0.25, -0.2) is 0 Å². The van der Waals surface area contributed by atoms with E-state index < -0.39 is 46.2 Å². The molecule has 3 saturated heterocycles. The summed E-state index contributed by atoms with van der Waals surface area (Å²) in [6.07, 6.45) is -3.58. The summed E-state index contributed by atoms with van der Waals surface area (Å²) in [5.74, 6) is -0.692. The van der Waals surface area contributed by atoms with Gasteiger partial charge in [-0.05, 0) is 93.8 Å². The number of amides is 4. The quantitative estimate of drug-likeness (QED) is 0.129. The van der Waals surface area contributed by atoms with Crippen LogP contribution in [0.1, 0.15) is 57.2 Å². The van der Waals surface area contributed by atoms with Gasteiger partial charge in [-0.2, -0.15) is 18.4 Å². The number of imide groups is 1. The Morgan fingerprint density at radius 3 is 2.47 bits per heavy atom. The number of alkyl halides is 3. The fourth-order valence-electron chi connectivity index (χ4n) is 7.72. The van der Waals surface area contributed by atoms with Crippen molar-refractivity contribution in [2.24, 2.45) is 0 Å². The number of nitrogens with zero attached hydrogens (tertiary/aromatic N) is 5. The first kappa shape index (κ1) is 43.6. The lowest BCUT2D eigenvalue weighted by atomic mass is 10.0. The summed E-state index contributed by atoms with van der Waals surface area (Å²) in [6, 6.07) is 14.8. The highest BCUT2D eigenvalue weighted by Gasteiger charge is 2.52. The number of aryl methyl sites for hydroxylation is 1. The summed E-state index contributed by atoms with van der Waals surface area (Å²) >= 11 is 11.0. The van der Waals surface area contributed by atoms with Crippen molar-refractivity contribution in [3.8, 4) is 11.8 Å². The molecule has 18 heteroatoms. The molecule has 0 bridgehead atoms. The number of piperidine rings is 1. The van der Waals surface area contributed by atoms with Crippen LogP contribution in [-0.4, -0.2) is 95.9 Å². The number of nitrogens with one attached hydrogen (secondary N) is 3. The van der Waals surface area contributed by atoms with Crippen LogP contribution >= 0.6 is 24.2 Å². The molecule has 3 aromatic rings. The van der Waals surface area contributed by atoms with Gasteiger partial charge in [0.05, 0.1) is 23.7 Å². The first-order valence-corrected chi connectivity index (χ1v) is 20.1. The molecule has 3 aliphatic heterocycles. The van der Waals surface area contributed by atoms with E-state index in [4.69, 9.17) is 29.0 Å². The largest absolute Gasteiger partial charge is 0.492 e. The highest BCUT2D eigenvalue weighted by molar-refractivity contribution is 7.81. The van der Waals surface area contributed by atoms with Gasteiger partial charge in [0.1, 0.15) is 23.9 Å². The molecule has 4 amide bonds. The number of thiol groups is 1. The van der Waals surface area contributed by atoms with Gasteiger partial charge in [0, 0.05) is 66.4 Å². The van der Waals surface area contributed by atoms with Gasteiger partial charge < -0.3 is 20.3 Å². The Morgan fingerprint density at radius 1 is 1.07 bits per heavy atom. The van der Waals surface area contributed by atoms with Crippen LogP contribution in [0.2, 0.25) is 5.02 Å². The van der Waals surface area contributed by atoms with E-state index in [-0.39, 0.29) is 36.5 Å². The molecule has 0 spiro atoms. The van der Waals surface area contributed by atoms with Gasteiger partial charge in [-0.3, -0.25) is 39.2 Å². The van der Waals surface area contributed by atoms with Crippen molar-refractivity contribution in [2.75, 3.05) is 59.8 Å². The monoisotopic (exact) mass is 854 g/mol. The van der Waals surface area contributed by atoms with Crippen LogP contribution in [0.25, 0.3) is 0 Å². The Labute approximate surface area is 351 Å². The molecule has 0 radical (unpaired) electrons. The van der Waals surface area contributed by atoms with E-state index in [1.807, 2.05) is 19.1 Å². The van der Waals surface area contributed by atoms with Gasteiger partial charge in [0.25, 0.3) is 5.91 Å². The van der Waals surface area contributed by atoms with Crippen molar-refractivity contribution in [1.29, 1.82) is 5.26 Å². The number of ether oxygens (including phenoxy) is 1. The molecule has 3 aliphatic rings. The van der Waals surface area contributed by atoms with Crippen molar-refractivity contribution in [1.82, 2.24) is 15.1 Å². The molecular weight excluding hydrogens is 809 g/mol. The molecule has 6 rings (SSSR count). The molecule has 3 heterocycles. The van der Waals surface area contributed by atoms with Crippen molar-refractivity contribution < 1.29 is 37.1 Å². The van der Waals surface area contributed by atoms with Gasteiger partial charge in [-0.1, -0.05) is 18.5 Å². The van der Waals surface area contributed by atoms with Crippen molar-refractivity contribution in [3.63, 3.8) is 0 Å². The highest BCUT2D eigenvalue weighted by Crippen LogP contribution is 2.43. The predicted octanol–water partition coefficient (Wildman–Crippen LogP) is 5.88. The fourth-order valence-corrected chi connectivity index (χ4v) is 8.61. The molecule has 1 unspecified atom stereocenters. The van der Waals surface area contributed by atoms with Gasteiger partial charge in [0.2, 0.25) is 17.7 Å². The lowest BCUT2D eigenvalue weighted by molar-refractivity contribution is -0.138. The maximum absolute atomic E-state index is 13.8. The number of nitriles is 1. The highest BCUT2D eigenvalue weighted by atomic mass is 35.5.